The van der Waals surface area contributed by atoms with Crippen LogP contribution in [0.15, 0.2) is 66.4 Å². The van der Waals surface area contributed by atoms with Gasteiger partial charge in [-0.1, -0.05) is 23.8 Å². The highest BCUT2D eigenvalue weighted by molar-refractivity contribution is 5.50. The van der Waals surface area contributed by atoms with Crippen molar-refractivity contribution in [2.24, 2.45) is 0 Å². The number of benzene rings is 2. The molecule has 12 heteroatoms. The molecule has 0 aliphatic carbocycles. The highest BCUT2D eigenvalue weighted by Crippen LogP contribution is 2.28. The lowest BCUT2D eigenvalue weighted by atomic mass is 9.99. The number of hydrogen-bond acceptors (Lipinski definition) is 7. The number of anilines is 1. The molecule has 5 rings (SSSR count). The summed E-state index contributed by atoms with van der Waals surface area (Å²) < 4.78 is 54.2. The average molecular weight is 531 g/mol. The summed E-state index contributed by atoms with van der Waals surface area (Å²) in [6.07, 6.45) is 0.787. The number of imidazole rings is 1. The number of aryl methyl sites for hydroxylation is 1. The molecule has 0 N–H and O–H groups in total. The van der Waals surface area contributed by atoms with Gasteiger partial charge in [0.2, 0.25) is 0 Å². The normalized spacial score (nSPS) is 17.3. The summed E-state index contributed by atoms with van der Waals surface area (Å²) in [6, 6.07) is 14.0. The summed E-state index contributed by atoms with van der Waals surface area (Å²) in [4.78, 5) is 16.5. The molecule has 0 amide bonds. The molecule has 2 aliphatic heterocycles. The van der Waals surface area contributed by atoms with Crippen molar-refractivity contribution in [1.82, 2.24) is 9.55 Å². The fraction of sp³-hybridized carbons (Fsp3) is 0.346. The molecule has 2 aliphatic rings. The van der Waals surface area contributed by atoms with Gasteiger partial charge in [-0.15, -0.1) is 13.2 Å². The van der Waals surface area contributed by atoms with E-state index in [1.54, 1.807) is 16.7 Å². The van der Waals surface area contributed by atoms with Gasteiger partial charge in [0.15, 0.2) is 0 Å². The molecule has 9 nitrogen and oxygen atoms in total. The number of nitro groups is 1. The van der Waals surface area contributed by atoms with E-state index >= 15 is 0 Å². The summed E-state index contributed by atoms with van der Waals surface area (Å²) in [5.74, 6) is 0.246. The van der Waals surface area contributed by atoms with Gasteiger partial charge < -0.3 is 29.2 Å². The van der Waals surface area contributed by atoms with E-state index in [1.165, 1.54) is 23.9 Å². The second-order valence-corrected chi connectivity index (χ2v) is 9.09. The zero-order chi connectivity index (χ0) is 26.7. The van der Waals surface area contributed by atoms with E-state index in [9.17, 15) is 23.3 Å². The van der Waals surface area contributed by atoms with Gasteiger partial charge in [-0.3, -0.25) is 4.57 Å². The number of fused-ring (bicyclic) bond motifs is 1. The third-order valence-corrected chi connectivity index (χ3v) is 6.41. The Kier molecular flexibility index (Phi) is 7.12. The number of nitrogens with zero attached hydrogens (tertiary/aromatic N) is 4. The molecule has 2 aromatic carbocycles. The molecular formula is C26H25F3N4O5. The van der Waals surface area contributed by atoms with Crippen LogP contribution in [0.2, 0.25) is 0 Å². The predicted octanol–water partition coefficient (Wildman–Crippen LogP) is 5.30. The zero-order valence-corrected chi connectivity index (χ0v) is 20.3. The van der Waals surface area contributed by atoms with E-state index in [2.05, 4.69) is 20.7 Å². The smallest absolute Gasteiger partial charge is 0.490 e. The first kappa shape index (κ1) is 25.4. The van der Waals surface area contributed by atoms with E-state index in [-0.39, 0.29) is 23.7 Å². The molecule has 38 heavy (non-hydrogen) atoms. The minimum Gasteiger partial charge on any atom is -0.490 e. The first-order chi connectivity index (χ1) is 18.2. The number of alkyl halides is 3. The highest BCUT2D eigenvalue weighted by Gasteiger charge is 2.31. The van der Waals surface area contributed by atoms with Crippen molar-refractivity contribution in [3.8, 4) is 17.5 Å². The molecule has 0 saturated carbocycles. The molecule has 0 unspecified atom stereocenters. The fourth-order valence-corrected chi connectivity index (χ4v) is 4.46. The van der Waals surface area contributed by atoms with E-state index < -0.39 is 11.3 Å². The molecule has 0 fully saturated rings. The maximum absolute atomic E-state index is 12.3. The second-order valence-electron chi connectivity index (χ2n) is 9.09. The van der Waals surface area contributed by atoms with Crippen molar-refractivity contribution in [2.75, 3.05) is 24.6 Å². The van der Waals surface area contributed by atoms with Gasteiger partial charge in [0.25, 0.3) is 0 Å². The Morgan fingerprint density at radius 1 is 1.08 bits per heavy atom. The second kappa shape index (κ2) is 10.6. The summed E-state index contributed by atoms with van der Waals surface area (Å²) in [5, 5.41) is 10.9. The van der Waals surface area contributed by atoms with Gasteiger partial charge in [0.05, 0.1) is 0 Å². The standard InChI is InChI=1S/C26H25F3N4O5/c27-26(28,29)38-22-5-1-18(2-6-22)15-19-9-12-31(13-10-19)20-3-7-21(8-4-20)36-17-23-11-14-32-16-24(33(34)35)30-25(32)37-23/h1-9,16,23H,10-15,17H2/t23-/m1/s1. The van der Waals surface area contributed by atoms with Gasteiger partial charge >= 0.3 is 18.2 Å². The van der Waals surface area contributed by atoms with Crippen LogP contribution in [0.4, 0.5) is 24.7 Å². The van der Waals surface area contributed by atoms with Gasteiger partial charge in [-0.25, -0.2) is 0 Å². The Morgan fingerprint density at radius 2 is 1.82 bits per heavy atom. The highest BCUT2D eigenvalue weighted by atomic mass is 19.4. The fourth-order valence-electron chi connectivity index (χ4n) is 4.46. The lowest BCUT2D eigenvalue weighted by molar-refractivity contribution is -0.389. The van der Waals surface area contributed by atoms with Crippen molar-refractivity contribution in [3.05, 3.63) is 82.1 Å². The molecule has 3 heterocycles. The van der Waals surface area contributed by atoms with Crippen molar-refractivity contribution >= 4 is 11.5 Å². The maximum atomic E-state index is 12.3. The largest absolute Gasteiger partial charge is 0.573 e. The van der Waals surface area contributed by atoms with Crippen LogP contribution < -0.4 is 19.1 Å². The van der Waals surface area contributed by atoms with Gasteiger partial charge in [-0.2, -0.15) is 0 Å². The Bertz CT molecular complexity index is 1310. The Morgan fingerprint density at radius 3 is 2.47 bits per heavy atom. The zero-order valence-electron chi connectivity index (χ0n) is 20.3. The molecule has 1 aromatic heterocycles. The van der Waals surface area contributed by atoms with Crippen molar-refractivity contribution < 1.29 is 32.3 Å². The monoisotopic (exact) mass is 530 g/mol. The minimum absolute atomic E-state index is 0.220. The number of hydrogen-bond donors (Lipinski definition) is 0. The first-order valence-corrected chi connectivity index (χ1v) is 12.1. The minimum atomic E-state index is -4.69. The van der Waals surface area contributed by atoms with Crippen LogP contribution in [0.25, 0.3) is 0 Å². The molecule has 0 radical (unpaired) electrons. The summed E-state index contributed by atoms with van der Waals surface area (Å²) in [5.41, 5.74) is 3.23. The van der Waals surface area contributed by atoms with E-state index in [1.807, 2.05) is 24.3 Å². The van der Waals surface area contributed by atoms with E-state index in [0.717, 1.165) is 30.8 Å². The van der Waals surface area contributed by atoms with Crippen LogP contribution in [0.3, 0.4) is 0 Å². The lowest BCUT2D eigenvalue weighted by Gasteiger charge is -2.29. The quantitative estimate of drug-likeness (QED) is 0.222. The topological polar surface area (TPSA) is 91.9 Å². The van der Waals surface area contributed by atoms with Crippen molar-refractivity contribution in [1.29, 1.82) is 0 Å². The van der Waals surface area contributed by atoms with Gasteiger partial charge in [-0.05, 0) is 59.7 Å². The third kappa shape index (κ3) is 6.36. The number of rotatable bonds is 8. The molecule has 1 atom stereocenters. The molecule has 3 aromatic rings. The lowest BCUT2D eigenvalue weighted by Crippen LogP contribution is -2.31. The molecule has 0 saturated heterocycles. The van der Waals surface area contributed by atoms with Crippen molar-refractivity contribution in [2.45, 2.75) is 38.3 Å². The third-order valence-electron chi connectivity index (χ3n) is 6.41. The Balaban J connectivity index is 1.09. The Hall–Kier alpha value is -4.22. The Labute approximate surface area is 216 Å². The molecular weight excluding hydrogens is 505 g/mol. The van der Waals surface area contributed by atoms with Crippen LogP contribution in [0.5, 0.6) is 17.5 Å². The maximum Gasteiger partial charge on any atom is 0.573 e. The summed E-state index contributed by atoms with van der Waals surface area (Å²) >= 11 is 0. The SMILES string of the molecule is O=[N+]([O-])c1cn2c(n1)O[C@@H](COc1ccc(N3CC=C(Cc4ccc(OC(F)(F)F)cc4)CC3)cc1)CC2. The van der Waals surface area contributed by atoms with Crippen LogP contribution in [-0.2, 0) is 13.0 Å². The van der Waals surface area contributed by atoms with Crippen LogP contribution in [0, 0.1) is 10.1 Å². The molecule has 0 spiro atoms. The van der Waals surface area contributed by atoms with Crippen LogP contribution in [-0.4, -0.2) is 46.6 Å². The summed E-state index contributed by atoms with van der Waals surface area (Å²) in [7, 11) is 0. The molecule has 0 bridgehead atoms. The predicted molar refractivity (Wildman–Crippen MR) is 132 cm³/mol. The van der Waals surface area contributed by atoms with Gasteiger partial charge in [0, 0.05) is 36.7 Å². The van der Waals surface area contributed by atoms with E-state index in [0.29, 0.717) is 31.7 Å². The first-order valence-electron chi connectivity index (χ1n) is 12.1. The van der Waals surface area contributed by atoms with Crippen LogP contribution in [0.1, 0.15) is 18.4 Å². The number of ether oxygens (including phenoxy) is 3. The summed E-state index contributed by atoms with van der Waals surface area (Å²) in [6.45, 7) is 2.44. The molecule has 200 valence electrons. The van der Waals surface area contributed by atoms with Crippen LogP contribution >= 0.6 is 0 Å². The number of halogens is 3. The number of aromatic nitrogens is 2. The average Bonchev–Trinajstić information content (AvgIpc) is 3.33. The van der Waals surface area contributed by atoms with Gasteiger partial charge in [0.1, 0.15) is 30.4 Å². The van der Waals surface area contributed by atoms with E-state index in [4.69, 9.17) is 9.47 Å². The van der Waals surface area contributed by atoms with Crippen molar-refractivity contribution in [3.63, 3.8) is 0 Å².